The Bertz CT molecular complexity index is 931. The van der Waals surface area contributed by atoms with Crippen LogP contribution >= 0.6 is 0 Å². The lowest BCUT2D eigenvalue weighted by molar-refractivity contribution is 0.0734. The first-order valence-electron chi connectivity index (χ1n) is 10.5. The molecular weight excluding hydrogens is 365 g/mol. The molecule has 2 saturated carbocycles. The topological polar surface area (TPSA) is 50.1 Å². The summed E-state index contributed by atoms with van der Waals surface area (Å²) in [6, 6.07) is 13.0. The van der Waals surface area contributed by atoms with E-state index in [1.165, 1.54) is 31.7 Å². The van der Waals surface area contributed by atoms with Gasteiger partial charge in [-0.25, -0.2) is 9.18 Å². The van der Waals surface area contributed by atoms with E-state index in [-0.39, 0.29) is 17.3 Å². The summed E-state index contributed by atoms with van der Waals surface area (Å²) in [6.07, 6.45) is 7.14. The number of rotatable bonds is 3. The van der Waals surface area contributed by atoms with Crippen LogP contribution in [-0.4, -0.2) is 5.97 Å². The van der Waals surface area contributed by atoms with Gasteiger partial charge in [-0.2, -0.15) is 5.26 Å². The number of carbonyl (C=O) groups excluding carboxylic acids is 1. The molecule has 0 N–H and O–H groups in total. The summed E-state index contributed by atoms with van der Waals surface area (Å²) in [5.41, 5.74) is 1.43. The van der Waals surface area contributed by atoms with Crippen molar-refractivity contribution in [3.63, 3.8) is 0 Å². The first-order valence-corrected chi connectivity index (χ1v) is 10.5. The fraction of sp³-hybridized carbons (Fsp3) is 0.440. The van der Waals surface area contributed by atoms with Gasteiger partial charge in [0.25, 0.3) is 0 Å². The van der Waals surface area contributed by atoms with E-state index >= 15 is 0 Å². The van der Waals surface area contributed by atoms with E-state index in [1.807, 2.05) is 6.07 Å². The lowest BCUT2D eigenvalue weighted by Gasteiger charge is -2.41. The van der Waals surface area contributed by atoms with Crippen molar-refractivity contribution in [3.05, 3.63) is 65.0 Å². The van der Waals surface area contributed by atoms with E-state index in [0.717, 1.165) is 30.2 Å². The van der Waals surface area contributed by atoms with Gasteiger partial charge in [0.05, 0.1) is 17.2 Å². The normalized spacial score (nSPS) is 26.2. The molecule has 29 heavy (non-hydrogen) atoms. The highest BCUT2D eigenvalue weighted by molar-refractivity contribution is 5.91. The van der Waals surface area contributed by atoms with Crippen molar-refractivity contribution in [3.8, 4) is 11.8 Å². The first-order chi connectivity index (χ1) is 14.0. The van der Waals surface area contributed by atoms with Gasteiger partial charge in [0.15, 0.2) is 0 Å². The van der Waals surface area contributed by atoms with E-state index in [0.29, 0.717) is 17.2 Å². The number of benzene rings is 2. The van der Waals surface area contributed by atoms with Crippen LogP contribution in [0.25, 0.3) is 0 Å². The second kappa shape index (κ2) is 8.37. The molecule has 2 aliphatic rings. The second-order valence-electron chi connectivity index (χ2n) is 8.71. The SMILES string of the molecule is C[C@H]1CC[C@@H]2CC(c3ccc(C(=O)Oc4ccc(C#N)cc4)cc3F)CC[C@H]2C1. The quantitative estimate of drug-likeness (QED) is 0.460. The van der Waals surface area contributed by atoms with Gasteiger partial charge in [0.2, 0.25) is 0 Å². The molecule has 4 atom stereocenters. The van der Waals surface area contributed by atoms with E-state index < -0.39 is 5.97 Å². The predicted molar refractivity (Wildman–Crippen MR) is 109 cm³/mol. The molecule has 0 spiro atoms. The number of carbonyl (C=O) groups is 1. The number of halogens is 1. The molecule has 0 amide bonds. The maximum atomic E-state index is 14.9. The summed E-state index contributed by atoms with van der Waals surface area (Å²) in [5, 5.41) is 8.83. The molecule has 0 aromatic heterocycles. The van der Waals surface area contributed by atoms with Crippen LogP contribution in [-0.2, 0) is 0 Å². The van der Waals surface area contributed by atoms with Crippen molar-refractivity contribution in [2.75, 3.05) is 0 Å². The molecule has 150 valence electrons. The highest BCUT2D eigenvalue weighted by Crippen LogP contribution is 2.47. The number of fused-ring (bicyclic) bond motifs is 1. The Balaban J connectivity index is 1.43. The number of ether oxygens (including phenoxy) is 1. The van der Waals surface area contributed by atoms with Gasteiger partial charge in [-0.05, 0) is 97.7 Å². The minimum Gasteiger partial charge on any atom is -0.423 e. The molecule has 0 bridgehead atoms. The predicted octanol–water partition coefficient (Wildman–Crippen LogP) is 6.24. The molecule has 2 aromatic rings. The standard InChI is InChI=1S/C25H26FNO2/c1-16-2-5-19-13-20(7-6-18(19)12-16)23-11-8-21(14-24(23)26)25(28)29-22-9-3-17(15-27)4-10-22/h3-4,8-11,14,16,18-20H,2,5-7,12-13H2,1H3/t16-,18-,19+,20?/m0/s1. The summed E-state index contributed by atoms with van der Waals surface area (Å²) in [6.45, 7) is 2.34. The Morgan fingerprint density at radius 2 is 1.76 bits per heavy atom. The Labute approximate surface area is 171 Å². The Morgan fingerprint density at radius 3 is 2.48 bits per heavy atom. The number of esters is 1. The molecule has 2 aromatic carbocycles. The third-order valence-electron chi connectivity index (χ3n) is 6.75. The smallest absolute Gasteiger partial charge is 0.343 e. The van der Waals surface area contributed by atoms with Crippen molar-refractivity contribution in [2.45, 2.75) is 51.4 Å². The van der Waals surface area contributed by atoms with Crippen LogP contribution in [0.3, 0.4) is 0 Å². The lowest BCUT2D eigenvalue weighted by atomic mass is 9.64. The fourth-order valence-corrected chi connectivity index (χ4v) is 5.15. The minimum atomic E-state index is -0.592. The molecule has 1 unspecified atom stereocenters. The van der Waals surface area contributed by atoms with Crippen molar-refractivity contribution in [1.82, 2.24) is 0 Å². The van der Waals surface area contributed by atoms with E-state index in [1.54, 1.807) is 36.4 Å². The van der Waals surface area contributed by atoms with Crippen LogP contribution in [0.2, 0.25) is 0 Å². The second-order valence-corrected chi connectivity index (χ2v) is 8.71. The fourth-order valence-electron chi connectivity index (χ4n) is 5.15. The van der Waals surface area contributed by atoms with Crippen molar-refractivity contribution in [1.29, 1.82) is 5.26 Å². The van der Waals surface area contributed by atoms with Crippen LogP contribution in [0.4, 0.5) is 4.39 Å². The molecule has 0 radical (unpaired) electrons. The summed E-state index contributed by atoms with van der Waals surface area (Å²) >= 11 is 0. The molecule has 2 aliphatic carbocycles. The minimum absolute atomic E-state index is 0.204. The molecule has 3 nitrogen and oxygen atoms in total. The Hall–Kier alpha value is -2.67. The van der Waals surface area contributed by atoms with Gasteiger partial charge in [0.1, 0.15) is 11.6 Å². The van der Waals surface area contributed by atoms with Crippen LogP contribution in [0.5, 0.6) is 5.75 Å². The number of hydrogen-bond donors (Lipinski definition) is 0. The maximum absolute atomic E-state index is 14.9. The van der Waals surface area contributed by atoms with Crippen molar-refractivity contribution in [2.24, 2.45) is 17.8 Å². The summed E-state index contributed by atoms with van der Waals surface area (Å²) in [5.74, 6) is 2.02. The summed E-state index contributed by atoms with van der Waals surface area (Å²) in [4.78, 5) is 12.4. The molecule has 0 aliphatic heterocycles. The molecule has 2 fully saturated rings. The van der Waals surface area contributed by atoms with E-state index in [2.05, 4.69) is 6.92 Å². The summed E-state index contributed by atoms with van der Waals surface area (Å²) < 4.78 is 20.2. The van der Waals surface area contributed by atoms with E-state index in [9.17, 15) is 9.18 Å². The van der Waals surface area contributed by atoms with Gasteiger partial charge < -0.3 is 4.74 Å². The van der Waals surface area contributed by atoms with Gasteiger partial charge in [-0.1, -0.05) is 19.4 Å². The molecule has 0 saturated heterocycles. The first kappa shape index (κ1) is 19.6. The third kappa shape index (κ3) is 4.34. The Kier molecular flexibility index (Phi) is 5.67. The van der Waals surface area contributed by atoms with Crippen molar-refractivity contribution < 1.29 is 13.9 Å². The molecular formula is C25H26FNO2. The highest BCUT2D eigenvalue weighted by Gasteiger charge is 2.35. The number of nitriles is 1. The number of nitrogens with zero attached hydrogens (tertiary/aromatic N) is 1. The molecule has 4 heteroatoms. The highest BCUT2D eigenvalue weighted by atomic mass is 19.1. The van der Waals surface area contributed by atoms with Gasteiger partial charge in [-0.15, -0.1) is 0 Å². The van der Waals surface area contributed by atoms with Crippen LogP contribution in [0.1, 0.15) is 72.9 Å². The third-order valence-corrected chi connectivity index (χ3v) is 6.75. The van der Waals surface area contributed by atoms with Crippen LogP contribution < -0.4 is 4.74 Å². The van der Waals surface area contributed by atoms with Gasteiger partial charge >= 0.3 is 5.97 Å². The summed E-state index contributed by atoms with van der Waals surface area (Å²) in [7, 11) is 0. The van der Waals surface area contributed by atoms with E-state index in [4.69, 9.17) is 10.00 Å². The van der Waals surface area contributed by atoms with Crippen LogP contribution in [0.15, 0.2) is 42.5 Å². The average Bonchev–Trinajstić information content (AvgIpc) is 2.74. The zero-order valence-corrected chi connectivity index (χ0v) is 16.7. The largest absolute Gasteiger partial charge is 0.423 e. The lowest BCUT2D eigenvalue weighted by Crippen LogP contribution is -2.30. The zero-order valence-electron chi connectivity index (χ0n) is 16.7. The monoisotopic (exact) mass is 391 g/mol. The molecule has 4 rings (SSSR count). The Morgan fingerprint density at radius 1 is 1.03 bits per heavy atom. The zero-order chi connectivity index (χ0) is 20.4. The average molecular weight is 391 g/mol. The number of hydrogen-bond acceptors (Lipinski definition) is 3. The van der Waals surface area contributed by atoms with Crippen molar-refractivity contribution >= 4 is 5.97 Å². The van der Waals surface area contributed by atoms with Gasteiger partial charge in [0, 0.05) is 0 Å². The van der Waals surface area contributed by atoms with Gasteiger partial charge in [-0.3, -0.25) is 0 Å². The maximum Gasteiger partial charge on any atom is 0.343 e. The molecule has 0 heterocycles. The van der Waals surface area contributed by atoms with Crippen LogP contribution in [0, 0.1) is 34.9 Å².